The van der Waals surface area contributed by atoms with E-state index in [1.54, 1.807) is 0 Å². The molecule has 4 rings (SSSR count). The molecule has 8 heteroatoms. The van der Waals surface area contributed by atoms with Gasteiger partial charge in [0.2, 0.25) is 6.41 Å². The van der Waals surface area contributed by atoms with Crippen LogP contribution in [0.2, 0.25) is 0 Å². The number of imidazole rings is 1. The second kappa shape index (κ2) is 10.1. The fourth-order valence-electron chi connectivity index (χ4n) is 4.87. The maximum absolute atomic E-state index is 12.2. The Labute approximate surface area is 200 Å². The van der Waals surface area contributed by atoms with Crippen molar-refractivity contribution in [3.8, 4) is 0 Å². The van der Waals surface area contributed by atoms with Crippen LogP contribution in [0.4, 0.5) is 5.69 Å². The van der Waals surface area contributed by atoms with Crippen LogP contribution in [0, 0.1) is 0 Å². The van der Waals surface area contributed by atoms with Crippen LogP contribution in [0.5, 0.6) is 0 Å². The molecule has 0 saturated heterocycles. The first-order chi connectivity index (χ1) is 16.3. The van der Waals surface area contributed by atoms with Gasteiger partial charge in [-0.05, 0) is 51.6 Å². The highest BCUT2D eigenvalue weighted by Gasteiger charge is 2.31. The lowest BCUT2D eigenvalue weighted by Crippen LogP contribution is -2.45. The molecule has 1 aliphatic heterocycles. The Bertz CT molecular complexity index is 1140. The molecule has 0 amide bonds. The van der Waals surface area contributed by atoms with Crippen LogP contribution in [0.25, 0.3) is 11.0 Å². The van der Waals surface area contributed by atoms with Crippen molar-refractivity contribution in [2.45, 2.75) is 51.1 Å². The number of aliphatic carboxylic acids is 1. The molecule has 2 aromatic carbocycles. The summed E-state index contributed by atoms with van der Waals surface area (Å²) in [5.41, 5.74) is 4.63. The number of hydrogen-bond acceptors (Lipinski definition) is 6. The molecule has 0 aliphatic carbocycles. The first kappa shape index (κ1) is 24.2. The molecule has 0 fully saturated rings. The van der Waals surface area contributed by atoms with Crippen LogP contribution < -0.4 is 4.90 Å². The fraction of sp³-hybridized carbons (Fsp3) is 0.462. The van der Waals surface area contributed by atoms with Gasteiger partial charge in [-0.3, -0.25) is 4.79 Å². The SMILES string of the molecule is COC(O)N1c2ccc3c(nc(C[C@H](C(=O)O)c4ccccc4)n3CCN(C)C)c2CC[C@@H]1C. The standard InChI is InChI=1S/C26H34N4O4/c1-17-10-11-19-21(30(17)26(33)34-4)12-13-22-24(19)27-23(29(22)15-14-28(2)3)16-20(25(31)32)18-8-6-5-7-9-18/h5-9,12-13,17,20,26,33H,10-11,14-16H2,1-4H3,(H,31,32)/t17-,20-,26?/m0/s1. The number of anilines is 1. The maximum atomic E-state index is 12.2. The number of carboxylic acids is 1. The Morgan fingerprint density at radius 1 is 1.24 bits per heavy atom. The van der Waals surface area contributed by atoms with Crippen LogP contribution in [0.1, 0.15) is 36.2 Å². The van der Waals surface area contributed by atoms with Crippen molar-refractivity contribution in [1.29, 1.82) is 0 Å². The van der Waals surface area contributed by atoms with Gasteiger partial charge in [0.15, 0.2) is 0 Å². The second-order valence-electron chi connectivity index (χ2n) is 9.28. The molecule has 2 N–H and O–H groups in total. The van der Waals surface area contributed by atoms with Gasteiger partial charge >= 0.3 is 5.97 Å². The summed E-state index contributed by atoms with van der Waals surface area (Å²) in [6.45, 7) is 3.59. The summed E-state index contributed by atoms with van der Waals surface area (Å²) < 4.78 is 7.39. The lowest BCUT2D eigenvalue weighted by atomic mass is 9.95. The molecular formula is C26H34N4O4. The van der Waals surface area contributed by atoms with Gasteiger partial charge in [-0.15, -0.1) is 0 Å². The Balaban J connectivity index is 1.82. The van der Waals surface area contributed by atoms with Gasteiger partial charge in [-0.1, -0.05) is 30.3 Å². The molecule has 3 atom stereocenters. The number of carbonyl (C=O) groups is 1. The van der Waals surface area contributed by atoms with Crippen molar-refractivity contribution in [3.05, 3.63) is 59.4 Å². The highest BCUT2D eigenvalue weighted by Crippen LogP contribution is 2.37. The zero-order valence-corrected chi connectivity index (χ0v) is 20.3. The highest BCUT2D eigenvalue weighted by molar-refractivity contribution is 5.86. The molecule has 1 aliphatic rings. The van der Waals surface area contributed by atoms with Gasteiger partial charge in [0.1, 0.15) is 5.82 Å². The molecule has 2 heterocycles. The number of aliphatic hydroxyl groups is 1. The highest BCUT2D eigenvalue weighted by atomic mass is 16.6. The van der Waals surface area contributed by atoms with Crippen LogP contribution in [-0.4, -0.2) is 70.8 Å². The molecule has 0 saturated carbocycles. The number of aliphatic hydroxyl groups excluding tert-OH is 1. The molecule has 34 heavy (non-hydrogen) atoms. The smallest absolute Gasteiger partial charge is 0.311 e. The zero-order chi connectivity index (χ0) is 24.4. The molecule has 8 nitrogen and oxygen atoms in total. The lowest BCUT2D eigenvalue weighted by molar-refractivity contribution is -0.138. The van der Waals surface area contributed by atoms with Crippen molar-refractivity contribution in [2.24, 2.45) is 0 Å². The van der Waals surface area contributed by atoms with Crippen LogP contribution in [-0.2, 0) is 28.9 Å². The van der Waals surface area contributed by atoms with E-state index in [4.69, 9.17) is 9.72 Å². The van der Waals surface area contributed by atoms with Crippen LogP contribution in [0.3, 0.4) is 0 Å². The van der Waals surface area contributed by atoms with E-state index in [2.05, 4.69) is 16.4 Å². The number of likely N-dealkylation sites (N-methyl/N-ethyl adjacent to an activating group) is 1. The van der Waals surface area contributed by atoms with Crippen molar-refractivity contribution in [3.63, 3.8) is 0 Å². The number of hydrogen-bond donors (Lipinski definition) is 2. The molecule has 3 aromatic rings. The summed E-state index contributed by atoms with van der Waals surface area (Å²) >= 11 is 0. The van der Waals surface area contributed by atoms with Gasteiger partial charge in [-0.25, -0.2) is 4.98 Å². The number of nitrogens with zero attached hydrogens (tertiary/aromatic N) is 4. The normalized spacial score (nSPS) is 17.7. The molecule has 0 radical (unpaired) electrons. The third-order valence-electron chi connectivity index (χ3n) is 6.75. The van der Waals surface area contributed by atoms with Gasteiger partial charge in [0.05, 0.1) is 17.0 Å². The number of rotatable bonds is 9. The van der Waals surface area contributed by atoms with E-state index in [1.807, 2.05) is 61.5 Å². The molecule has 1 unspecified atom stereocenters. The van der Waals surface area contributed by atoms with Crippen LogP contribution >= 0.6 is 0 Å². The molecule has 0 bridgehead atoms. The number of ether oxygens (including phenoxy) is 1. The first-order valence-electron chi connectivity index (χ1n) is 11.7. The minimum Gasteiger partial charge on any atom is -0.481 e. The molecule has 182 valence electrons. The zero-order valence-electron chi connectivity index (χ0n) is 20.3. The monoisotopic (exact) mass is 466 g/mol. The van der Waals surface area contributed by atoms with E-state index >= 15 is 0 Å². The Hall–Kier alpha value is -2.94. The van der Waals surface area contributed by atoms with Gasteiger partial charge in [0.25, 0.3) is 0 Å². The number of aryl methyl sites for hydroxylation is 1. The average Bonchev–Trinajstić information content (AvgIpc) is 3.18. The van der Waals surface area contributed by atoms with E-state index < -0.39 is 18.3 Å². The predicted molar refractivity (Wildman–Crippen MR) is 132 cm³/mol. The number of fused-ring (bicyclic) bond motifs is 3. The third kappa shape index (κ3) is 4.66. The number of carboxylic acid groups (broad SMARTS) is 1. The predicted octanol–water partition coefficient (Wildman–Crippen LogP) is 3.07. The molecular weight excluding hydrogens is 432 g/mol. The van der Waals surface area contributed by atoms with E-state index in [9.17, 15) is 15.0 Å². The van der Waals surface area contributed by atoms with E-state index in [-0.39, 0.29) is 6.04 Å². The molecule has 0 spiro atoms. The van der Waals surface area contributed by atoms with Gasteiger partial charge < -0.3 is 29.3 Å². The Morgan fingerprint density at radius 3 is 2.62 bits per heavy atom. The van der Waals surface area contributed by atoms with E-state index in [1.165, 1.54) is 7.11 Å². The summed E-state index contributed by atoms with van der Waals surface area (Å²) in [7, 11) is 5.54. The van der Waals surface area contributed by atoms with Crippen molar-refractivity contribution in [2.75, 3.05) is 32.6 Å². The summed E-state index contributed by atoms with van der Waals surface area (Å²) in [6.07, 6.45) is 0.980. The molecule has 1 aromatic heterocycles. The second-order valence-corrected chi connectivity index (χ2v) is 9.28. The summed E-state index contributed by atoms with van der Waals surface area (Å²) in [6, 6.07) is 13.5. The van der Waals surface area contributed by atoms with Crippen molar-refractivity contribution < 1.29 is 19.7 Å². The lowest BCUT2D eigenvalue weighted by Gasteiger charge is -2.39. The summed E-state index contributed by atoms with van der Waals surface area (Å²) in [5.74, 6) is -0.777. The fourth-order valence-corrected chi connectivity index (χ4v) is 4.87. The summed E-state index contributed by atoms with van der Waals surface area (Å²) in [4.78, 5) is 21.3. The van der Waals surface area contributed by atoms with Gasteiger partial charge in [-0.2, -0.15) is 0 Å². The first-order valence-corrected chi connectivity index (χ1v) is 11.7. The third-order valence-corrected chi connectivity index (χ3v) is 6.75. The largest absolute Gasteiger partial charge is 0.481 e. The van der Waals surface area contributed by atoms with E-state index in [0.29, 0.717) is 13.0 Å². The topological polar surface area (TPSA) is 91.1 Å². The number of aromatic nitrogens is 2. The van der Waals surface area contributed by atoms with Gasteiger partial charge in [0, 0.05) is 43.9 Å². The number of methoxy groups -OCH3 is 1. The minimum absolute atomic E-state index is 0.129. The Morgan fingerprint density at radius 2 is 1.97 bits per heavy atom. The Kier molecular flexibility index (Phi) is 7.21. The summed E-state index contributed by atoms with van der Waals surface area (Å²) in [5, 5.41) is 20.5. The quantitative estimate of drug-likeness (QED) is 0.468. The van der Waals surface area contributed by atoms with Crippen LogP contribution in [0.15, 0.2) is 42.5 Å². The minimum atomic E-state index is -1.03. The van der Waals surface area contributed by atoms with Crippen molar-refractivity contribution >= 4 is 22.7 Å². The van der Waals surface area contributed by atoms with E-state index in [0.717, 1.165) is 53.1 Å². The number of benzene rings is 2. The average molecular weight is 467 g/mol. The maximum Gasteiger partial charge on any atom is 0.311 e. The van der Waals surface area contributed by atoms with Crippen molar-refractivity contribution in [1.82, 2.24) is 14.5 Å².